The first-order valence-electron chi connectivity index (χ1n) is 8.43. The fraction of sp³-hybridized carbons (Fsp3) is 0.190. The van der Waals surface area contributed by atoms with Crippen LogP contribution in [-0.4, -0.2) is 26.3 Å². The van der Waals surface area contributed by atoms with Crippen LogP contribution < -0.4 is 10.3 Å². The zero-order valence-electron chi connectivity index (χ0n) is 13.9. The molecule has 25 heavy (non-hydrogen) atoms. The average Bonchev–Trinajstić information content (AvgIpc) is 2.69. The van der Waals surface area contributed by atoms with Crippen molar-refractivity contribution in [1.29, 1.82) is 0 Å². The number of ether oxygens (including phenoxy) is 1. The monoisotopic (exact) mass is 349 g/mol. The summed E-state index contributed by atoms with van der Waals surface area (Å²) in [6.07, 6.45) is 0. The van der Waals surface area contributed by atoms with Gasteiger partial charge in [0.1, 0.15) is 0 Å². The Morgan fingerprint density at radius 1 is 0.800 bits per heavy atom. The largest absolute Gasteiger partial charge is 0.378 e. The maximum Gasteiger partial charge on any atom is 0.182 e. The minimum absolute atomic E-state index is 0.0559. The van der Waals surface area contributed by atoms with Crippen molar-refractivity contribution >= 4 is 16.3 Å². The topological polar surface area (TPSA) is 29.5 Å². The molecule has 1 fully saturated rings. The first-order valence-corrected chi connectivity index (χ1v) is 9.25. The fourth-order valence-corrected chi connectivity index (χ4v) is 4.16. The molecule has 126 valence electrons. The Labute approximate surface area is 151 Å². The summed E-state index contributed by atoms with van der Waals surface area (Å²) >= 11 is 1.67. The molecular formula is C21H19NO2S. The molecule has 2 heterocycles. The van der Waals surface area contributed by atoms with Crippen molar-refractivity contribution in [2.75, 3.05) is 31.2 Å². The van der Waals surface area contributed by atoms with Crippen molar-refractivity contribution in [3.8, 4) is 21.6 Å². The van der Waals surface area contributed by atoms with E-state index >= 15 is 0 Å². The van der Waals surface area contributed by atoms with E-state index in [1.807, 2.05) is 18.2 Å². The molecule has 4 heteroatoms. The molecule has 0 unspecified atom stereocenters. The van der Waals surface area contributed by atoms with Gasteiger partial charge in [-0.3, -0.25) is 4.79 Å². The van der Waals surface area contributed by atoms with Gasteiger partial charge in [0.25, 0.3) is 0 Å². The zero-order chi connectivity index (χ0) is 17.1. The maximum atomic E-state index is 12.2. The van der Waals surface area contributed by atoms with Crippen LogP contribution in [0.3, 0.4) is 0 Å². The van der Waals surface area contributed by atoms with Gasteiger partial charge in [0.2, 0.25) is 0 Å². The molecule has 0 atom stereocenters. The van der Waals surface area contributed by atoms with E-state index in [2.05, 4.69) is 41.3 Å². The highest BCUT2D eigenvalue weighted by Gasteiger charge is 2.14. The van der Waals surface area contributed by atoms with Crippen LogP contribution in [-0.2, 0) is 4.74 Å². The number of morpholine rings is 1. The summed E-state index contributed by atoms with van der Waals surface area (Å²) in [5.74, 6) is 0. The third-order valence-electron chi connectivity index (χ3n) is 4.33. The van der Waals surface area contributed by atoms with Crippen LogP contribution in [0.4, 0.5) is 5.00 Å². The van der Waals surface area contributed by atoms with Crippen LogP contribution >= 0.6 is 11.3 Å². The van der Waals surface area contributed by atoms with Crippen LogP contribution in [0.25, 0.3) is 21.6 Å². The third kappa shape index (κ3) is 3.65. The van der Waals surface area contributed by atoms with E-state index < -0.39 is 0 Å². The van der Waals surface area contributed by atoms with Gasteiger partial charge in [0, 0.05) is 30.1 Å². The maximum absolute atomic E-state index is 12.2. The van der Waals surface area contributed by atoms with Crippen molar-refractivity contribution in [2.24, 2.45) is 0 Å². The lowest BCUT2D eigenvalue weighted by Crippen LogP contribution is -2.36. The highest BCUT2D eigenvalue weighted by molar-refractivity contribution is 7.19. The van der Waals surface area contributed by atoms with E-state index in [1.54, 1.807) is 23.5 Å². The molecule has 1 aromatic heterocycles. The molecule has 0 N–H and O–H groups in total. The highest BCUT2D eigenvalue weighted by atomic mass is 32.1. The normalized spacial score (nSPS) is 14.5. The Balaban J connectivity index is 1.72. The van der Waals surface area contributed by atoms with E-state index in [9.17, 15) is 4.79 Å². The number of rotatable bonds is 3. The third-order valence-corrected chi connectivity index (χ3v) is 5.49. The van der Waals surface area contributed by atoms with Crippen molar-refractivity contribution in [1.82, 2.24) is 0 Å². The van der Waals surface area contributed by atoms with Crippen LogP contribution in [0.1, 0.15) is 0 Å². The lowest BCUT2D eigenvalue weighted by Gasteiger charge is -2.28. The van der Waals surface area contributed by atoms with E-state index in [4.69, 9.17) is 4.74 Å². The second-order valence-corrected chi connectivity index (χ2v) is 7.10. The molecule has 1 saturated heterocycles. The van der Waals surface area contributed by atoms with Gasteiger partial charge in [-0.2, -0.15) is 0 Å². The Morgan fingerprint density at radius 2 is 1.52 bits per heavy atom. The molecular weight excluding hydrogens is 330 g/mol. The van der Waals surface area contributed by atoms with Crippen LogP contribution in [0, 0.1) is 0 Å². The minimum Gasteiger partial charge on any atom is -0.378 e. The van der Waals surface area contributed by atoms with E-state index in [1.165, 1.54) is 5.56 Å². The zero-order valence-corrected chi connectivity index (χ0v) is 14.7. The van der Waals surface area contributed by atoms with Gasteiger partial charge in [0.15, 0.2) is 5.43 Å². The number of hydrogen-bond donors (Lipinski definition) is 0. The lowest BCUT2D eigenvalue weighted by atomic mass is 10.0. The van der Waals surface area contributed by atoms with Gasteiger partial charge in [-0.25, -0.2) is 0 Å². The van der Waals surface area contributed by atoms with E-state index in [-0.39, 0.29) is 5.43 Å². The molecule has 2 aromatic carbocycles. The molecule has 3 aromatic rings. The number of anilines is 1. The van der Waals surface area contributed by atoms with Gasteiger partial charge in [-0.05, 0) is 22.8 Å². The van der Waals surface area contributed by atoms with Gasteiger partial charge in [-0.15, -0.1) is 11.3 Å². The molecule has 0 saturated carbocycles. The molecule has 0 bridgehead atoms. The number of nitrogens with zero attached hydrogens (tertiary/aromatic N) is 1. The summed E-state index contributed by atoms with van der Waals surface area (Å²) in [5.41, 5.74) is 3.48. The molecule has 1 aliphatic heterocycles. The van der Waals surface area contributed by atoms with Gasteiger partial charge in [-0.1, -0.05) is 48.5 Å². The predicted octanol–water partition coefficient (Wildman–Crippen LogP) is 4.28. The summed E-state index contributed by atoms with van der Waals surface area (Å²) in [6.45, 7) is 3.11. The summed E-state index contributed by atoms with van der Waals surface area (Å²) < 4.78 is 5.42. The molecule has 0 amide bonds. The SMILES string of the molecule is O=c1cc(-c2cccc(-c3ccccc3)c2)sc(N2CCOCC2)c1. The Bertz CT molecular complexity index is 914. The number of hydrogen-bond acceptors (Lipinski definition) is 4. The Hall–Kier alpha value is -2.43. The minimum atomic E-state index is 0.0559. The van der Waals surface area contributed by atoms with Gasteiger partial charge < -0.3 is 9.64 Å². The van der Waals surface area contributed by atoms with Gasteiger partial charge >= 0.3 is 0 Å². The molecule has 3 nitrogen and oxygen atoms in total. The molecule has 0 radical (unpaired) electrons. The quantitative estimate of drug-likeness (QED) is 0.707. The van der Waals surface area contributed by atoms with Crippen molar-refractivity contribution in [3.63, 3.8) is 0 Å². The Kier molecular flexibility index (Phi) is 4.63. The summed E-state index contributed by atoms with van der Waals surface area (Å²) in [5, 5.41) is 1.02. The van der Waals surface area contributed by atoms with Gasteiger partial charge in [0.05, 0.1) is 18.2 Å². The highest BCUT2D eigenvalue weighted by Crippen LogP contribution is 2.32. The molecule has 1 aliphatic rings. The lowest BCUT2D eigenvalue weighted by molar-refractivity contribution is 0.123. The standard InChI is InChI=1S/C21H19NO2S/c23-19-14-20(25-21(15-19)22-9-11-24-12-10-22)18-8-4-7-17(13-18)16-5-2-1-3-6-16/h1-8,13-15H,9-12H2. The second-order valence-electron chi connectivity index (χ2n) is 6.04. The summed E-state index contributed by atoms with van der Waals surface area (Å²) in [7, 11) is 0. The molecule has 4 rings (SSSR count). The van der Waals surface area contributed by atoms with Crippen LogP contribution in [0.15, 0.2) is 71.5 Å². The fourth-order valence-electron chi connectivity index (χ4n) is 3.03. The number of benzene rings is 2. The van der Waals surface area contributed by atoms with E-state index in [0.717, 1.165) is 34.1 Å². The summed E-state index contributed by atoms with van der Waals surface area (Å²) in [4.78, 5) is 15.5. The average molecular weight is 349 g/mol. The van der Waals surface area contributed by atoms with Crippen molar-refractivity contribution in [2.45, 2.75) is 0 Å². The van der Waals surface area contributed by atoms with E-state index in [0.29, 0.717) is 13.2 Å². The predicted molar refractivity (Wildman–Crippen MR) is 104 cm³/mol. The van der Waals surface area contributed by atoms with Crippen LogP contribution in [0.5, 0.6) is 0 Å². The smallest absolute Gasteiger partial charge is 0.182 e. The first kappa shape index (κ1) is 16.1. The second kappa shape index (κ2) is 7.21. The molecule has 0 spiro atoms. The van der Waals surface area contributed by atoms with Crippen molar-refractivity contribution in [3.05, 3.63) is 77.0 Å². The Morgan fingerprint density at radius 3 is 2.32 bits per heavy atom. The van der Waals surface area contributed by atoms with Crippen molar-refractivity contribution < 1.29 is 4.74 Å². The first-order chi connectivity index (χ1) is 12.3. The molecule has 0 aliphatic carbocycles. The van der Waals surface area contributed by atoms with Crippen LogP contribution in [0.2, 0.25) is 0 Å². The summed E-state index contributed by atoms with van der Waals surface area (Å²) in [6, 6.07) is 22.2.